The molecule has 0 radical (unpaired) electrons. The molecule has 0 aliphatic rings. The third kappa shape index (κ3) is 6.40. The Kier molecular flexibility index (Phi) is 7.75. The number of hydrogen-bond acceptors (Lipinski definition) is 4. The summed E-state index contributed by atoms with van der Waals surface area (Å²) in [5, 5.41) is 17.1. The molecule has 1 N–H and O–H groups in total. The van der Waals surface area contributed by atoms with E-state index in [1.165, 1.54) is 9.58 Å². The summed E-state index contributed by atoms with van der Waals surface area (Å²) < 4.78 is 19.4. The molecule has 1 amide bonds. The van der Waals surface area contributed by atoms with Crippen LogP contribution >= 0.6 is 0 Å². The van der Waals surface area contributed by atoms with E-state index in [4.69, 9.17) is 4.74 Å². The van der Waals surface area contributed by atoms with Crippen LogP contribution in [0.4, 0.5) is 14.9 Å². The molecule has 2 aromatic carbocycles. The van der Waals surface area contributed by atoms with Gasteiger partial charge in [-0.3, -0.25) is 4.90 Å². The second-order valence-electron chi connectivity index (χ2n) is 6.88. The highest BCUT2D eigenvalue weighted by Crippen LogP contribution is 2.19. The number of alkyl halides is 1. The Balaban J connectivity index is 1.55. The molecule has 0 bridgehead atoms. The summed E-state index contributed by atoms with van der Waals surface area (Å²) in [6, 6.07) is 15.0. The molecule has 162 valence electrons. The molecule has 0 aliphatic carbocycles. The van der Waals surface area contributed by atoms with E-state index in [9.17, 15) is 14.3 Å². The van der Waals surface area contributed by atoms with Gasteiger partial charge in [0.05, 0.1) is 12.7 Å². The summed E-state index contributed by atoms with van der Waals surface area (Å²) in [6.45, 7) is 2.38. The summed E-state index contributed by atoms with van der Waals surface area (Å²) in [5.74, 6) is 0.700. The van der Waals surface area contributed by atoms with Gasteiger partial charge in [-0.25, -0.2) is 13.9 Å². The third-order valence-electron chi connectivity index (χ3n) is 4.52. The number of ether oxygens (including phenoxy) is 1. The Morgan fingerprint density at radius 3 is 2.35 bits per heavy atom. The van der Waals surface area contributed by atoms with Crippen molar-refractivity contribution in [3.8, 4) is 5.75 Å². The molecule has 3 aromatic rings. The summed E-state index contributed by atoms with van der Waals surface area (Å²) in [6.07, 6.45) is 5.42. The first-order chi connectivity index (χ1) is 15.1. The first kappa shape index (κ1) is 22.0. The maximum Gasteiger partial charge on any atom is 0.411 e. The Bertz CT molecular complexity index is 1000. The van der Waals surface area contributed by atoms with Crippen LogP contribution in [0.15, 0.2) is 54.7 Å². The van der Waals surface area contributed by atoms with Crippen LogP contribution in [-0.2, 0) is 13.2 Å². The molecular weight excluding hydrogens is 399 g/mol. The molecule has 1 heterocycles. The van der Waals surface area contributed by atoms with Crippen molar-refractivity contribution >= 4 is 23.9 Å². The lowest BCUT2D eigenvalue weighted by Gasteiger charge is -2.18. The smallest absolute Gasteiger partial charge is 0.411 e. The third-order valence-corrected chi connectivity index (χ3v) is 4.52. The molecule has 31 heavy (non-hydrogen) atoms. The van der Waals surface area contributed by atoms with Crippen LogP contribution < -0.4 is 9.64 Å². The van der Waals surface area contributed by atoms with E-state index in [0.717, 1.165) is 17.5 Å². The zero-order valence-corrected chi connectivity index (χ0v) is 17.3. The van der Waals surface area contributed by atoms with Gasteiger partial charge < -0.3 is 9.84 Å². The molecular formula is C23H25FN4O3. The van der Waals surface area contributed by atoms with Gasteiger partial charge in [0.25, 0.3) is 0 Å². The summed E-state index contributed by atoms with van der Waals surface area (Å²) in [7, 11) is 0. The standard InChI is InChI=1S/C23H25FN4O3/c1-2-14-28(23(29)30)21-9-5-18(6-10-21)3-4-19-7-11-22(12-8-19)31-17-20-16-27(15-13-24)26-25-20/h3-12,16H,2,13-15,17H2,1H3,(H,29,30)/b4-3+. The van der Waals surface area contributed by atoms with E-state index in [2.05, 4.69) is 10.3 Å². The Labute approximate surface area is 180 Å². The number of aryl methyl sites for hydroxylation is 1. The molecule has 0 atom stereocenters. The topological polar surface area (TPSA) is 80.5 Å². The van der Waals surface area contributed by atoms with Gasteiger partial charge in [0.2, 0.25) is 0 Å². The van der Waals surface area contributed by atoms with Crippen LogP contribution in [-0.4, -0.2) is 39.4 Å². The fourth-order valence-electron chi connectivity index (χ4n) is 2.95. The Hall–Kier alpha value is -3.68. The average molecular weight is 424 g/mol. The summed E-state index contributed by atoms with van der Waals surface area (Å²) in [4.78, 5) is 12.7. The fraction of sp³-hybridized carbons (Fsp3) is 0.261. The summed E-state index contributed by atoms with van der Waals surface area (Å²) >= 11 is 0. The van der Waals surface area contributed by atoms with E-state index in [0.29, 0.717) is 23.7 Å². The number of amides is 1. The predicted octanol–water partition coefficient (Wildman–Crippen LogP) is 4.89. The number of aromatic nitrogens is 3. The van der Waals surface area contributed by atoms with E-state index < -0.39 is 12.8 Å². The fourth-order valence-corrected chi connectivity index (χ4v) is 2.95. The van der Waals surface area contributed by atoms with Crippen molar-refractivity contribution in [2.24, 2.45) is 0 Å². The number of halogens is 1. The van der Waals surface area contributed by atoms with E-state index in [1.54, 1.807) is 6.20 Å². The van der Waals surface area contributed by atoms with Gasteiger partial charge in [-0.15, -0.1) is 5.10 Å². The minimum atomic E-state index is -0.947. The van der Waals surface area contributed by atoms with Crippen molar-refractivity contribution < 1.29 is 19.0 Å². The highest BCUT2D eigenvalue weighted by Gasteiger charge is 2.12. The average Bonchev–Trinajstić information content (AvgIpc) is 3.23. The quantitative estimate of drug-likeness (QED) is 0.469. The Morgan fingerprint density at radius 2 is 1.77 bits per heavy atom. The molecule has 1 aromatic heterocycles. The second-order valence-corrected chi connectivity index (χ2v) is 6.88. The van der Waals surface area contributed by atoms with E-state index in [1.807, 2.05) is 67.6 Å². The van der Waals surface area contributed by atoms with Gasteiger partial charge in [-0.1, -0.05) is 48.6 Å². The largest absolute Gasteiger partial charge is 0.487 e. The van der Waals surface area contributed by atoms with Gasteiger partial charge in [-0.05, 0) is 41.8 Å². The van der Waals surface area contributed by atoms with Crippen molar-refractivity contribution in [1.29, 1.82) is 0 Å². The number of benzene rings is 2. The molecule has 3 rings (SSSR count). The molecule has 7 nitrogen and oxygen atoms in total. The molecule has 0 fully saturated rings. The first-order valence-corrected chi connectivity index (χ1v) is 10.1. The number of carbonyl (C=O) groups is 1. The maximum atomic E-state index is 12.3. The predicted molar refractivity (Wildman–Crippen MR) is 118 cm³/mol. The maximum absolute atomic E-state index is 12.3. The normalized spacial score (nSPS) is 11.0. The number of rotatable bonds is 10. The van der Waals surface area contributed by atoms with Crippen LogP contribution in [0.25, 0.3) is 12.2 Å². The Morgan fingerprint density at radius 1 is 1.13 bits per heavy atom. The van der Waals surface area contributed by atoms with Gasteiger partial charge in [0.1, 0.15) is 24.7 Å². The lowest BCUT2D eigenvalue weighted by molar-refractivity contribution is 0.202. The zero-order chi connectivity index (χ0) is 22.1. The first-order valence-electron chi connectivity index (χ1n) is 10.1. The number of nitrogens with zero attached hydrogens (tertiary/aromatic N) is 4. The highest BCUT2D eigenvalue weighted by molar-refractivity contribution is 5.86. The van der Waals surface area contributed by atoms with Crippen molar-refractivity contribution in [2.75, 3.05) is 18.1 Å². The van der Waals surface area contributed by atoms with Crippen molar-refractivity contribution in [2.45, 2.75) is 26.5 Å². The van der Waals surface area contributed by atoms with Gasteiger partial charge in [0.15, 0.2) is 0 Å². The summed E-state index contributed by atoms with van der Waals surface area (Å²) in [5.41, 5.74) is 3.28. The van der Waals surface area contributed by atoms with Crippen LogP contribution in [0.2, 0.25) is 0 Å². The minimum absolute atomic E-state index is 0.188. The van der Waals surface area contributed by atoms with Crippen LogP contribution in [0.1, 0.15) is 30.2 Å². The second kappa shape index (κ2) is 10.9. The molecule has 0 saturated heterocycles. The number of hydrogen-bond donors (Lipinski definition) is 1. The molecule has 0 unspecified atom stereocenters. The van der Waals surface area contributed by atoms with E-state index >= 15 is 0 Å². The van der Waals surface area contributed by atoms with Crippen LogP contribution in [0.5, 0.6) is 5.75 Å². The minimum Gasteiger partial charge on any atom is -0.487 e. The lowest BCUT2D eigenvalue weighted by Crippen LogP contribution is -2.29. The molecule has 0 saturated carbocycles. The number of carboxylic acid groups (broad SMARTS) is 1. The molecule has 0 spiro atoms. The number of anilines is 1. The lowest BCUT2D eigenvalue weighted by atomic mass is 10.1. The van der Waals surface area contributed by atoms with Gasteiger partial charge in [0, 0.05) is 12.2 Å². The van der Waals surface area contributed by atoms with Crippen molar-refractivity contribution in [1.82, 2.24) is 15.0 Å². The van der Waals surface area contributed by atoms with Gasteiger partial charge >= 0.3 is 6.09 Å². The molecule has 8 heteroatoms. The van der Waals surface area contributed by atoms with Crippen molar-refractivity contribution in [3.05, 3.63) is 71.5 Å². The van der Waals surface area contributed by atoms with Crippen LogP contribution in [0, 0.1) is 0 Å². The molecule has 0 aliphatic heterocycles. The highest BCUT2D eigenvalue weighted by atomic mass is 19.1. The monoisotopic (exact) mass is 424 g/mol. The van der Waals surface area contributed by atoms with Gasteiger partial charge in [-0.2, -0.15) is 0 Å². The zero-order valence-electron chi connectivity index (χ0n) is 17.3. The van der Waals surface area contributed by atoms with Crippen LogP contribution in [0.3, 0.4) is 0 Å². The SMILES string of the molecule is CCCN(C(=O)O)c1ccc(/C=C/c2ccc(OCc3cn(CCF)nn3)cc2)cc1. The van der Waals surface area contributed by atoms with E-state index in [-0.39, 0.29) is 13.2 Å². The van der Waals surface area contributed by atoms with Crippen molar-refractivity contribution in [3.63, 3.8) is 0 Å².